The molecule has 0 radical (unpaired) electrons. The summed E-state index contributed by atoms with van der Waals surface area (Å²) in [5.41, 5.74) is 1.09. The highest BCUT2D eigenvalue weighted by atomic mass is 79.9. The molecule has 4 nitrogen and oxygen atoms in total. The average molecular weight is 350 g/mol. The van der Waals surface area contributed by atoms with Crippen LogP contribution in [0, 0.1) is 0 Å². The van der Waals surface area contributed by atoms with Crippen LogP contribution >= 0.6 is 28.3 Å². The van der Waals surface area contributed by atoms with E-state index in [1.54, 1.807) is 0 Å². The molecule has 1 aromatic carbocycles. The number of amides is 1. The molecule has 1 amide bonds. The average Bonchev–Trinajstić information content (AvgIpc) is 2.38. The maximum Gasteiger partial charge on any atom is 0.221 e. The van der Waals surface area contributed by atoms with Gasteiger partial charge in [0.15, 0.2) is 0 Å². The van der Waals surface area contributed by atoms with Crippen LogP contribution in [0.2, 0.25) is 0 Å². The zero-order valence-electron chi connectivity index (χ0n) is 10.5. The van der Waals surface area contributed by atoms with Crippen molar-refractivity contribution >= 4 is 34.2 Å². The van der Waals surface area contributed by atoms with E-state index in [1.807, 2.05) is 24.3 Å². The van der Waals surface area contributed by atoms with Crippen LogP contribution in [0.1, 0.15) is 12.0 Å². The van der Waals surface area contributed by atoms with E-state index in [0.29, 0.717) is 19.6 Å². The Hall–Kier alpha value is -0.620. The SMILES string of the molecule is Cl.O=C(CC1COCCN1)NCc1cccc(Br)c1. The molecule has 6 heteroatoms. The van der Waals surface area contributed by atoms with E-state index in [9.17, 15) is 4.79 Å². The van der Waals surface area contributed by atoms with Crippen LogP contribution in [-0.4, -0.2) is 31.7 Å². The van der Waals surface area contributed by atoms with Gasteiger partial charge in [0.2, 0.25) is 5.91 Å². The van der Waals surface area contributed by atoms with Crippen LogP contribution in [-0.2, 0) is 16.1 Å². The standard InChI is InChI=1S/C13H17BrN2O2.ClH/c14-11-3-1-2-10(6-11)8-16-13(17)7-12-9-18-5-4-15-12;/h1-3,6,12,15H,4-5,7-9H2,(H,16,17);1H. The molecule has 0 saturated carbocycles. The highest BCUT2D eigenvalue weighted by Gasteiger charge is 2.16. The van der Waals surface area contributed by atoms with E-state index in [2.05, 4.69) is 26.6 Å². The lowest BCUT2D eigenvalue weighted by atomic mass is 10.2. The highest BCUT2D eigenvalue weighted by molar-refractivity contribution is 9.10. The quantitative estimate of drug-likeness (QED) is 0.872. The topological polar surface area (TPSA) is 50.4 Å². The molecule has 1 aliphatic heterocycles. The van der Waals surface area contributed by atoms with Crippen LogP contribution in [0.5, 0.6) is 0 Å². The molecule has 1 fully saturated rings. The molecule has 1 saturated heterocycles. The normalized spacial score (nSPS) is 18.5. The van der Waals surface area contributed by atoms with Gasteiger partial charge in [0, 0.05) is 30.0 Å². The van der Waals surface area contributed by atoms with Crippen molar-refractivity contribution in [2.24, 2.45) is 0 Å². The van der Waals surface area contributed by atoms with Crippen molar-refractivity contribution in [3.63, 3.8) is 0 Å². The smallest absolute Gasteiger partial charge is 0.221 e. The van der Waals surface area contributed by atoms with E-state index < -0.39 is 0 Å². The van der Waals surface area contributed by atoms with Gasteiger partial charge in [-0.15, -0.1) is 12.4 Å². The van der Waals surface area contributed by atoms with Crippen LogP contribution in [0.25, 0.3) is 0 Å². The zero-order valence-corrected chi connectivity index (χ0v) is 12.9. The summed E-state index contributed by atoms with van der Waals surface area (Å²) in [6.45, 7) is 2.73. The van der Waals surface area contributed by atoms with Crippen molar-refractivity contribution in [1.82, 2.24) is 10.6 Å². The molecule has 1 aliphatic rings. The van der Waals surface area contributed by atoms with Gasteiger partial charge in [-0.1, -0.05) is 28.1 Å². The Morgan fingerprint density at radius 2 is 2.37 bits per heavy atom. The maximum absolute atomic E-state index is 11.8. The van der Waals surface area contributed by atoms with Crippen LogP contribution < -0.4 is 10.6 Å². The highest BCUT2D eigenvalue weighted by Crippen LogP contribution is 2.11. The molecular formula is C13H18BrClN2O2. The third-order valence-corrected chi connectivity index (χ3v) is 3.30. The fourth-order valence-electron chi connectivity index (χ4n) is 1.89. The number of hydrogen-bond acceptors (Lipinski definition) is 3. The van der Waals surface area contributed by atoms with Crippen LogP contribution in [0.4, 0.5) is 0 Å². The number of carbonyl (C=O) groups excluding carboxylic acids is 1. The van der Waals surface area contributed by atoms with E-state index in [4.69, 9.17) is 4.74 Å². The minimum absolute atomic E-state index is 0. The predicted octanol–water partition coefficient (Wildman–Crippen LogP) is 1.87. The van der Waals surface area contributed by atoms with Crippen LogP contribution in [0.15, 0.2) is 28.7 Å². The summed E-state index contributed by atoms with van der Waals surface area (Å²) in [5, 5.41) is 6.18. The van der Waals surface area contributed by atoms with Crippen molar-refractivity contribution in [2.45, 2.75) is 19.0 Å². The Balaban J connectivity index is 0.00000180. The van der Waals surface area contributed by atoms with Crippen LogP contribution in [0.3, 0.4) is 0 Å². The van der Waals surface area contributed by atoms with Crippen molar-refractivity contribution < 1.29 is 9.53 Å². The van der Waals surface area contributed by atoms with Gasteiger partial charge in [-0.2, -0.15) is 0 Å². The Kier molecular flexibility index (Phi) is 7.38. The van der Waals surface area contributed by atoms with E-state index >= 15 is 0 Å². The van der Waals surface area contributed by atoms with Gasteiger partial charge in [0.1, 0.15) is 0 Å². The van der Waals surface area contributed by atoms with Crippen molar-refractivity contribution in [2.75, 3.05) is 19.8 Å². The monoisotopic (exact) mass is 348 g/mol. The number of rotatable bonds is 4. The molecule has 2 N–H and O–H groups in total. The Morgan fingerprint density at radius 1 is 1.53 bits per heavy atom. The largest absolute Gasteiger partial charge is 0.378 e. The van der Waals surface area contributed by atoms with Crippen molar-refractivity contribution in [3.8, 4) is 0 Å². The summed E-state index contributed by atoms with van der Waals surface area (Å²) in [4.78, 5) is 11.8. The Bertz CT molecular complexity index is 411. The fraction of sp³-hybridized carbons (Fsp3) is 0.462. The first-order chi connectivity index (χ1) is 8.74. The summed E-state index contributed by atoms with van der Waals surface area (Å²) < 4.78 is 6.34. The minimum atomic E-state index is 0. The predicted molar refractivity (Wildman–Crippen MR) is 80.5 cm³/mol. The second kappa shape index (κ2) is 8.53. The molecule has 1 heterocycles. The zero-order chi connectivity index (χ0) is 12.8. The molecule has 0 bridgehead atoms. The first-order valence-electron chi connectivity index (χ1n) is 6.06. The summed E-state index contributed by atoms with van der Waals surface area (Å²) in [5.74, 6) is 0.0537. The van der Waals surface area contributed by atoms with Gasteiger partial charge in [-0.25, -0.2) is 0 Å². The molecular weight excluding hydrogens is 332 g/mol. The third kappa shape index (κ3) is 5.91. The van der Waals surface area contributed by atoms with Gasteiger partial charge < -0.3 is 15.4 Å². The molecule has 1 aromatic rings. The van der Waals surface area contributed by atoms with E-state index in [0.717, 1.165) is 23.2 Å². The van der Waals surface area contributed by atoms with Crippen molar-refractivity contribution in [1.29, 1.82) is 0 Å². The number of carbonyl (C=O) groups is 1. The summed E-state index contributed by atoms with van der Waals surface area (Å²) in [6.07, 6.45) is 0.466. The fourth-order valence-corrected chi connectivity index (χ4v) is 2.34. The van der Waals surface area contributed by atoms with E-state index in [1.165, 1.54) is 0 Å². The number of benzene rings is 1. The molecule has 0 spiro atoms. The van der Waals surface area contributed by atoms with Gasteiger partial charge >= 0.3 is 0 Å². The molecule has 2 rings (SSSR count). The number of halogens is 2. The number of hydrogen-bond donors (Lipinski definition) is 2. The number of ether oxygens (including phenoxy) is 1. The lowest BCUT2D eigenvalue weighted by Crippen LogP contribution is -2.44. The maximum atomic E-state index is 11.8. The molecule has 1 unspecified atom stereocenters. The second-order valence-corrected chi connectivity index (χ2v) is 5.25. The summed E-state index contributed by atoms with van der Waals surface area (Å²) in [7, 11) is 0. The van der Waals surface area contributed by atoms with E-state index in [-0.39, 0.29) is 24.4 Å². The lowest BCUT2D eigenvalue weighted by Gasteiger charge is -2.23. The second-order valence-electron chi connectivity index (χ2n) is 4.34. The van der Waals surface area contributed by atoms with Gasteiger partial charge in [-0.3, -0.25) is 4.79 Å². The van der Waals surface area contributed by atoms with Gasteiger partial charge in [0.05, 0.1) is 13.2 Å². The molecule has 19 heavy (non-hydrogen) atoms. The first kappa shape index (κ1) is 16.4. The molecule has 0 aliphatic carbocycles. The lowest BCUT2D eigenvalue weighted by molar-refractivity contribution is -0.122. The third-order valence-electron chi connectivity index (χ3n) is 2.81. The van der Waals surface area contributed by atoms with Gasteiger partial charge in [0.25, 0.3) is 0 Å². The number of morpholine rings is 1. The number of nitrogens with one attached hydrogen (secondary N) is 2. The first-order valence-corrected chi connectivity index (χ1v) is 6.85. The molecule has 0 aromatic heterocycles. The minimum Gasteiger partial charge on any atom is -0.378 e. The molecule has 1 atom stereocenters. The summed E-state index contributed by atoms with van der Waals surface area (Å²) >= 11 is 3.41. The van der Waals surface area contributed by atoms with Crippen molar-refractivity contribution in [3.05, 3.63) is 34.3 Å². The Labute approximate surface area is 127 Å². The Morgan fingerprint density at radius 3 is 3.05 bits per heavy atom. The molecule has 106 valence electrons. The van der Waals surface area contributed by atoms with Gasteiger partial charge in [-0.05, 0) is 17.7 Å². The summed E-state index contributed by atoms with van der Waals surface area (Å²) in [6, 6.07) is 8.06.